The van der Waals surface area contributed by atoms with Gasteiger partial charge in [0.2, 0.25) is 0 Å². The Morgan fingerprint density at radius 3 is 2.95 bits per heavy atom. The number of carbonyl (C=O) groups is 1. The molecule has 112 valence electrons. The fourth-order valence-corrected chi connectivity index (χ4v) is 2.93. The summed E-state index contributed by atoms with van der Waals surface area (Å²) in [6.45, 7) is 0. The third-order valence-electron chi connectivity index (χ3n) is 3.36. The summed E-state index contributed by atoms with van der Waals surface area (Å²) in [7, 11) is 1.79. The molecular weight excluding hydrogens is 296 g/mol. The molecule has 3 aromatic rings. The van der Waals surface area contributed by atoms with Crippen LogP contribution in [0.25, 0.3) is 0 Å². The lowest BCUT2D eigenvalue weighted by Crippen LogP contribution is -2.30. The van der Waals surface area contributed by atoms with E-state index in [1.54, 1.807) is 47.7 Å². The number of hydrogen-bond donors (Lipinski definition) is 1. The highest BCUT2D eigenvalue weighted by molar-refractivity contribution is 7.07. The molecule has 0 bridgehead atoms. The smallest absolute Gasteiger partial charge is 0.272 e. The van der Waals surface area contributed by atoms with Gasteiger partial charge in [0.25, 0.3) is 5.91 Å². The van der Waals surface area contributed by atoms with E-state index in [-0.39, 0.29) is 11.9 Å². The first-order chi connectivity index (χ1) is 10.7. The molecule has 0 spiro atoms. The van der Waals surface area contributed by atoms with Crippen molar-refractivity contribution >= 4 is 17.2 Å². The van der Waals surface area contributed by atoms with Gasteiger partial charge in [-0.05, 0) is 46.5 Å². The average Bonchev–Trinajstić information content (AvgIpc) is 3.19. The molecular formula is C16H16N4OS. The standard InChI is InChI=1S/C16H16N4OS/c1-20-7-4-14(19-20)16(21)18-15(9-12-5-8-22-11-12)13-3-2-6-17-10-13/h2-8,10-11,15H,9H2,1H3,(H,18,21)/t15-/m0/s1. The van der Waals surface area contributed by atoms with E-state index >= 15 is 0 Å². The molecule has 0 aromatic carbocycles. The number of carbonyl (C=O) groups excluding carboxylic acids is 1. The molecule has 0 aliphatic heterocycles. The van der Waals surface area contributed by atoms with Gasteiger partial charge in [0.05, 0.1) is 6.04 Å². The number of aromatic nitrogens is 3. The van der Waals surface area contributed by atoms with Crippen LogP contribution in [0, 0.1) is 0 Å². The predicted molar refractivity (Wildman–Crippen MR) is 85.7 cm³/mol. The Morgan fingerprint density at radius 1 is 1.41 bits per heavy atom. The molecule has 1 amide bonds. The molecule has 1 atom stereocenters. The highest BCUT2D eigenvalue weighted by atomic mass is 32.1. The number of thiophene rings is 1. The minimum Gasteiger partial charge on any atom is -0.343 e. The first kappa shape index (κ1) is 14.5. The summed E-state index contributed by atoms with van der Waals surface area (Å²) in [4.78, 5) is 16.5. The molecule has 0 unspecified atom stereocenters. The molecule has 0 aliphatic carbocycles. The molecule has 3 aromatic heterocycles. The van der Waals surface area contributed by atoms with Gasteiger partial charge in [-0.3, -0.25) is 14.5 Å². The van der Waals surface area contributed by atoms with Crippen LogP contribution in [-0.2, 0) is 13.5 Å². The van der Waals surface area contributed by atoms with E-state index in [9.17, 15) is 4.79 Å². The van der Waals surface area contributed by atoms with Gasteiger partial charge >= 0.3 is 0 Å². The van der Waals surface area contributed by atoms with Gasteiger partial charge in [0.1, 0.15) is 5.69 Å². The Kier molecular flexibility index (Phi) is 4.29. The van der Waals surface area contributed by atoms with Gasteiger partial charge in [-0.2, -0.15) is 16.4 Å². The number of pyridine rings is 1. The first-order valence-corrected chi connectivity index (χ1v) is 7.88. The van der Waals surface area contributed by atoms with Gasteiger partial charge in [0, 0.05) is 25.6 Å². The second-order valence-corrected chi connectivity index (χ2v) is 5.80. The minimum atomic E-state index is -0.176. The maximum Gasteiger partial charge on any atom is 0.272 e. The summed E-state index contributed by atoms with van der Waals surface area (Å²) < 4.78 is 1.62. The number of nitrogens with zero attached hydrogens (tertiary/aromatic N) is 3. The van der Waals surface area contributed by atoms with Crippen LogP contribution in [0.1, 0.15) is 27.7 Å². The Labute approximate surface area is 132 Å². The van der Waals surface area contributed by atoms with Crippen LogP contribution < -0.4 is 5.32 Å². The van der Waals surface area contributed by atoms with Crippen molar-refractivity contribution in [1.82, 2.24) is 20.1 Å². The molecule has 5 nitrogen and oxygen atoms in total. The summed E-state index contributed by atoms with van der Waals surface area (Å²) in [6, 6.07) is 7.50. The van der Waals surface area contributed by atoms with Crippen molar-refractivity contribution < 1.29 is 4.79 Å². The number of nitrogens with one attached hydrogen (secondary N) is 1. The summed E-state index contributed by atoms with van der Waals surface area (Å²) in [5.74, 6) is -0.176. The Balaban J connectivity index is 1.80. The molecule has 0 radical (unpaired) electrons. The molecule has 0 aliphatic rings. The third kappa shape index (κ3) is 3.40. The van der Waals surface area contributed by atoms with E-state index in [2.05, 4.69) is 26.8 Å². The normalized spacial score (nSPS) is 12.0. The Hall–Kier alpha value is -2.47. The maximum absolute atomic E-state index is 12.4. The molecule has 6 heteroatoms. The largest absolute Gasteiger partial charge is 0.343 e. The van der Waals surface area contributed by atoms with Crippen molar-refractivity contribution in [2.24, 2.45) is 7.05 Å². The van der Waals surface area contributed by atoms with E-state index in [1.807, 2.05) is 17.5 Å². The summed E-state index contributed by atoms with van der Waals surface area (Å²) in [5, 5.41) is 11.3. The second kappa shape index (κ2) is 6.53. The van der Waals surface area contributed by atoms with Crippen molar-refractivity contribution in [3.05, 3.63) is 70.4 Å². The van der Waals surface area contributed by atoms with Crippen molar-refractivity contribution in [3.8, 4) is 0 Å². The van der Waals surface area contributed by atoms with Crippen LogP contribution in [0.2, 0.25) is 0 Å². The SMILES string of the molecule is Cn1ccc(C(=O)N[C@@H](Cc2ccsc2)c2cccnc2)n1. The molecule has 0 saturated carbocycles. The van der Waals surface area contributed by atoms with Crippen LogP contribution >= 0.6 is 11.3 Å². The topological polar surface area (TPSA) is 59.8 Å². The predicted octanol–water partition coefficient (Wildman–Crippen LogP) is 2.59. The number of aryl methyl sites for hydroxylation is 1. The highest BCUT2D eigenvalue weighted by Crippen LogP contribution is 2.19. The van der Waals surface area contributed by atoms with Gasteiger partial charge in [0.15, 0.2) is 0 Å². The van der Waals surface area contributed by atoms with E-state index in [1.165, 1.54) is 5.56 Å². The van der Waals surface area contributed by atoms with E-state index < -0.39 is 0 Å². The van der Waals surface area contributed by atoms with Gasteiger partial charge < -0.3 is 5.32 Å². The van der Waals surface area contributed by atoms with Crippen molar-refractivity contribution in [2.75, 3.05) is 0 Å². The van der Waals surface area contributed by atoms with E-state index in [0.29, 0.717) is 5.69 Å². The Morgan fingerprint density at radius 2 is 2.32 bits per heavy atom. The molecule has 0 fully saturated rings. The molecule has 0 saturated heterocycles. The van der Waals surface area contributed by atoms with Gasteiger partial charge in [-0.1, -0.05) is 6.07 Å². The van der Waals surface area contributed by atoms with Crippen LogP contribution in [0.3, 0.4) is 0 Å². The van der Waals surface area contributed by atoms with Crippen LogP contribution in [0.4, 0.5) is 0 Å². The highest BCUT2D eigenvalue weighted by Gasteiger charge is 2.18. The van der Waals surface area contributed by atoms with Crippen LogP contribution in [0.5, 0.6) is 0 Å². The van der Waals surface area contributed by atoms with E-state index in [0.717, 1.165) is 12.0 Å². The Bertz CT molecular complexity index is 737. The van der Waals surface area contributed by atoms with Crippen LogP contribution in [0.15, 0.2) is 53.6 Å². The lowest BCUT2D eigenvalue weighted by Gasteiger charge is -2.18. The molecule has 3 heterocycles. The van der Waals surface area contributed by atoms with Crippen molar-refractivity contribution in [2.45, 2.75) is 12.5 Å². The third-order valence-corrected chi connectivity index (χ3v) is 4.09. The van der Waals surface area contributed by atoms with Gasteiger partial charge in [-0.15, -0.1) is 0 Å². The molecule has 3 rings (SSSR count). The summed E-state index contributed by atoms with van der Waals surface area (Å²) >= 11 is 1.65. The number of hydrogen-bond acceptors (Lipinski definition) is 4. The number of rotatable bonds is 5. The fourth-order valence-electron chi connectivity index (χ4n) is 2.25. The summed E-state index contributed by atoms with van der Waals surface area (Å²) in [5.41, 5.74) is 2.60. The summed E-state index contributed by atoms with van der Waals surface area (Å²) in [6.07, 6.45) is 6.00. The monoisotopic (exact) mass is 312 g/mol. The quantitative estimate of drug-likeness (QED) is 0.788. The van der Waals surface area contributed by atoms with Crippen molar-refractivity contribution in [1.29, 1.82) is 0 Å². The lowest BCUT2D eigenvalue weighted by atomic mass is 10.0. The zero-order valence-electron chi connectivity index (χ0n) is 12.1. The van der Waals surface area contributed by atoms with E-state index in [4.69, 9.17) is 0 Å². The molecule has 1 N–H and O–H groups in total. The zero-order valence-corrected chi connectivity index (χ0v) is 13.0. The van der Waals surface area contributed by atoms with Crippen LogP contribution in [-0.4, -0.2) is 20.7 Å². The maximum atomic E-state index is 12.4. The second-order valence-electron chi connectivity index (χ2n) is 5.02. The first-order valence-electron chi connectivity index (χ1n) is 6.94. The lowest BCUT2D eigenvalue weighted by molar-refractivity contribution is 0.0930. The fraction of sp³-hybridized carbons (Fsp3) is 0.188. The molecule has 22 heavy (non-hydrogen) atoms. The van der Waals surface area contributed by atoms with Gasteiger partial charge in [-0.25, -0.2) is 0 Å². The average molecular weight is 312 g/mol. The number of amides is 1. The zero-order chi connectivity index (χ0) is 15.4. The minimum absolute atomic E-state index is 0.127. The van der Waals surface area contributed by atoms with Crippen molar-refractivity contribution in [3.63, 3.8) is 0 Å².